The van der Waals surface area contributed by atoms with E-state index >= 15 is 0 Å². The molecule has 3 aromatic rings. The fraction of sp³-hybridized carbons (Fsp3) is 0.0625. The molecule has 0 saturated heterocycles. The monoisotopic (exact) mass is 403 g/mol. The Kier molecular flexibility index (Phi) is 4.85. The van der Waals surface area contributed by atoms with E-state index in [1.165, 1.54) is 12.1 Å². The molecule has 0 N–H and O–H groups in total. The lowest BCUT2D eigenvalue weighted by Gasteiger charge is -2.02. The van der Waals surface area contributed by atoms with Crippen molar-refractivity contribution in [3.63, 3.8) is 0 Å². The van der Waals surface area contributed by atoms with Crippen molar-refractivity contribution in [2.45, 2.75) is 6.61 Å². The van der Waals surface area contributed by atoms with Gasteiger partial charge in [0.2, 0.25) is 5.82 Å². The Labute approximate surface area is 149 Å². The fourth-order valence-electron chi connectivity index (χ4n) is 2.01. The van der Waals surface area contributed by atoms with Crippen LogP contribution in [0.4, 0.5) is 5.69 Å². The quantitative estimate of drug-likeness (QED) is 0.362. The maximum atomic E-state index is 12.0. The van der Waals surface area contributed by atoms with E-state index in [0.29, 0.717) is 5.82 Å². The molecule has 0 radical (unpaired) electrons. The molecular weight excluding hydrogens is 394 g/mol. The number of esters is 1. The van der Waals surface area contributed by atoms with E-state index < -0.39 is 10.9 Å². The molecule has 0 unspecified atom stereocenters. The lowest BCUT2D eigenvalue weighted by Crippen LogP contribution is -2.06. The van der Waals surface area contributed by atoms with Gasteiger partial charge in [0.05, 0.1) is 15.0 Å². The van der Waals surface area contributed by atoms with Gasteiger partial charge >= 0.3 is 5.97 Å². The van der Waals surface area contributed by atoms with Crippen molar-refractivity contribution in [1.29, 1.82) is 0 Å². The number of hydrogen-bond donors (Lipinski definition) is 0. The Morgan fingerprint density at radius 2 is 2.00 bits per heavy atom. The molecule has 3 rings (SSSR count). The van der Waals surface area contributed by atoms with Crippen LogP contribution < -0.4 is 0 Å². The predicted molar refractivity (Wildman–Crippen MR) is 89.6 cm³/mol. The Balaban J connectivity index is 1.68. The van der Waals surface area contributed by atoms with Crippen molar-refractivity contribution in [3.8, 4) is 11.4 Å². The van der Waals surface area contributed by atoms with E-state index in [2.05, 4.69) is 26.1 Å². The second-order valence-electron chi connectivity index (χ2n) is 4.88. The highest BCUT2D eigenvalue weighted by molar-refractivity contribution is 9.10. The van der Waals surface area contributed by atoms with Crippen molar-refractivity contribution in [1.82, 2.24) is 10.1 Å². The summed E-state index contributed by atoms with van der Waals surface area (Å²) in [6.07, 6.45) is 0. The molecule has 25 heavy (non-hydrogen) atoms. The van der Waals surface area contributed by atoms with Gasteiger partial charge in [0, 0.05) is 11.6 Å². The van der Waals surface area contributed by atoms with Crippen LogP contribution in [0.5, 0.6) is 0 Å². The first-order chi connectivity index (χ1) is 12.0. The third kappa shape index (κ3) is 3.89. The first-order valence-corrected chi connectivity index (χ1v) is 7.83. The van der Waals surface area contributed by atoms with E-state index in [1.54, 1.807) is 0 Å². The molecular formula is C16H10BrN3O5. The van der Waals surface area contributed by atoms with Gasteiger partial charge < -0.3 is 9.26 Å². The number of benzene rings is 2. The van der Waals surface area contributed by atoms with Gasteiger partial charge in [-0.2, -0.15) is 4.98 Å². The number of nitrogens with zero attached hydrogens (tertiary/aromatic N) is 3. The van der Waals surface area contributed by atoms with Crippen LogP contribution in [0.25, 0.3) is 11.4 Å². The van der Waals surface area contributed by atoms with Gasteiger partial charge in [-0.3, -0.25) is 10.1 Å². The normalized spacial score (nSPS) is 10.4. The van der Waals surface area contributed by atoms with Crippen LogP contribution in [0.2, 0.25) is 0 Å². The van der Waals surface area contributed by atoms with Crippen LogP contribution in [0, 0.1) is 10.1 Å². The van der Waals surface area contributed by atoms with Crippen molar-refractivity contribution in [2.75, 3.05) is 0 Å². The third-order valence-electron chi connectivity index (χ3n) is 3.21. The molecule has 0 amide bonds. The second kappa shape index (κ2) is 7.22. The molecule has 9 heteroatoms. The maximum Gasteiger partial charge on any atom is 0.338 e. The predicted octanol–water partition coefficient (Wildman–Crippen LogP) is 3.76. The van der Waals surface area contributed by atoms with E-state index in [-0.39, 0.29) is 28.2 Å². The van der Waals surface area contributed by atoms with Crippen LogP contribution in [0.1, 0.15) is 16.2 Å². The highest BCUT2D eigenvalue weighted by atomic mass is 79.9. The minimum absolute atomic E-state index is 0.0534. The lowest BCUT2D eigenvalue weighted by atomic mass is 10.2. The lowest BCUT2D eigenvalue weighted by molar-refractivity contribution is -0.385. The molecule has 2 aromatic carbocycles. The average molecular weight is 404 g/mol. The SMILES string of the molecule is O=C(OCc1nc(-c2ccccc2)no1)c1ccc(Br)c([N+](=O)[O-])c1. The zero-order valence-corrected chi connectivity index (χ0v) is 14.2. The second-order valence-corrected chi connectivity index (χ2v) is 5.73. The minimum atomic E-state index is -0.727. The largest absolute Gasteiger partial charge is 0.452 e. The summed E-state index contributed by atoms with van der Waals surface area (Å²) in [5, 5.41) is 14.7. The number of nitro benzene ring substituents is 1. The van der Waals surface area contributed by atoms with Crippen LogP contribution >= 0.6 is 15.9 Å². The maximum absolute atomic E-state index is 12.0. The van der Waals surface area contributed by atoms with Gasteiger partial charge in [-0.1, -0.05) is 35.5 Å². The van der Waals surface area contributed by atoms with Crippen molar-refractivity contribution in [3.05, 3.63) is 74.6 Å². The topological polar surface area (TPSA) is 108 Å². The van der Waals surface area contributed by atoms with Gasteiger partial charge in [-0.05, 0) is 28.1 Å². The van der Waals surface area contributed by atoms with Crippen molar-refractivity contribution < 1.29 is 19.0 Å². The molecule has 8 nitrogen and oxygen atoms in total. The summed E-state index contributed by atoms with van der Waals surface area (Å²) >= 11 is 3.05. The smallest absolute Gasteiger partial charge is 0.338 e. The summed E-state index contributed by atoms with van der Waals surface area (Å²) < 4.78 is 10.4. The van der Waals surface area contributed by atoms with Crippen LogP contribution in [-0.2, 0) is 11.3 Å². The number of hydrogen-bond acceptors (Lipinski definition) is 7. The van der Waals surface area contributed by atoms with Crippen molar-refractivity contribution in [2.24, 2.45) is 0 Å². The van der Waals surface area contributed by atoms with E-state index in [1.807, 2.05) is 30.3 Å². The van der Waals surface area contributed by atoms with E-state index in [4.69, 9.17) is 9.26 Å². The van der Waals surface area contributed by atoms with E-state index in [0.717, 1.165) is 11.6 Å². The number of halogens is 1. The summed E-state index contributed by atoms with van der Waals surface area (Å²) in [5.74, 6) is -0.222. The number of rotatable bonds is 5. The average Bonchev–Trinajstić information content (AvgIpc) is 3.09. The zero-order chi connectivity index (χ0) is 17.8. The summed E-state index contributed by atoms with van der Waals surface area (Å²) in [5.41, 5.74) is 0.601. The first kappa shape index (κ1) is 16.8. The molecule has 0 bridgehead atoms. The molecule has 0 aliphatic carbocycles. The Morgan fingerprint density at radius 3 is 2.72 bits per heavy atom. The van der Waals surface area contributed by atoms with Crippen molar-refractivity contribution >= 4 is 27.6 Å². The van der Waals surface area contributed by atoms with Crippen LogP contribution in [0.15, 0.2) is 57.5 Å². The van der Waals surface area contributed by atoms with Gasteiger partial charge in [-0.25, -0.2) is 4.79 Å². The number of nitro groups is 1. The van der Waals surface area contributed by atoms with Gasteiger partial charge in [0.1, 0.15) is 0 Å². The highest BCUT2D eigenvalue weighted by Crippen LogP contribution is 2.26. The van der Waals surface area contributed by atoms with Gasteiger partial charge in [0.25, 0.3) is 11.6 Å². The Morgan fingerprint density at radius 1 is 1.24 bits per heavy atom. The van der Waals surface area contributed by atoms with Crippen LogP contribution in [-0.4, -0.2) is 21.0 Å². The van der Waals surface area contributed by atoms with Gasteiger partial charge in [0.15, 0.2) is 6.61 Å². The Hall–Kier alpha value is -3.07. The highest BCUT2D eigenvalue weighted by Gasteiger charge is 2.18. The summed E-state index contributed by atoms with van der Waals surface area (Å²) in [6.45, 7) is -0.234. The Bertz CT molecular complexity index is 927. The van der Waals surface area contributed by atoms with Crippen LogP contribution in [0.3, 0.4) is 0 Å². The molecule has 1 aromatic heterocycles. The van der Waals surface area contributed by atoms with Gasteiger partial charge in [-0.15, -0.1) is 0 Å². The molecule has 1 heterocycles. The molecule has 0 fully saturated rings. The zero-order valence-electron chi connectivity index (χ0n) is 12.6. The summed E-state index contributed by atoms with van der Waals surface area (Å²) in [6, 6.07) is 13.2. The third-order valence-corrected chi connectivity index (χ3v) is 3.88. The molecule has 0 aliphatic heterocycles. The standard InChI is InChI=1S/C16H10BrN3O5/c17-12-7-6-11(8-13(12)20(22)23)16(21)24-9-14-18-15(19-25-14)10-4-2-1-3-5-10/h1-8H,9H2. The number of ether oxygens (including phenoxy) is 1. The molecule has 0 atom stereocenters. The number of carbonyl (C=O) groups excluding carboxylic acids is 1. The molecule has 0 spiro atoms. The first-order valence-electron chi connectivity index (χ1n) is 7.03. The molecule has 0 saturated carbocycles. The summed E-state index contributed by atoms with van der Waals surface area (Å²) in [4.78, 5) is 26.5. The minimum Gasteiger partial charge on any atom is -0.452 e. The fourth-order valence-corrected chi connectivity index (χ4v) is 2.40. The number of aromatic nitrogens is 2. The van der Waals surface area contributed by atoms with E-state index in [9.17, 15) is 14.9 Å². The molecule has 126 valence electrons. The molecule has 0 aliphatic rings. The number of carbonyl (C=O) groups is 1. The summed E-state index contributed by atoms with van der Waals surface area (Å²) in [7, 11) is 0.